The summed E-state index contributed by atoms with van der Waals surface area (Å²) in [6.07, 6.45) is 0.209. The van der Waals surface area contributed by atoms with Gasteiger partial charge in [0.15, 0.2) is 0 Å². The van der Waals surface area contributed by atoms with E-state index in [-0.39, 0.29) is 31.3 Å². The van der Waals surface area contributed by atoms with Gasteiger partial charge in [-0.05, 0) is 24.1 Å². The van der Waals surface area contributed by atoms with Crippen LogP contribution in [0.3, 0.4) is 0 Å². The van der Waals surface area contributed by atoms with Gasteiger partial charge in [-0.15, -0.1) is 0 Å². The van der Waals surface area contributed by atoms with Crippen LogP contribution >= 0.6 is 0 Å². The Hall–Kier alpha value is -1.42. The van der Waals surface area contributed by atoms with Crippen molar-refractivity contribution in [3.63, 3.8) is 0 Å². The van der Waals surface area contributed by atoms with E-state index in [1.54, 1.807) is 19.1 Å². The largest absolute Gasteiger partial charge is 0.395 e. The first-order valence-corrected chi connectivity index (χ1v) is 4.76. The normalized spacial score (nSPS) is 10.1. The molecule has 0 bridgehead atoms. The zero-order valence-electron chi connectivity index (χ0n) is 8.59. The van der Waals surface area contributed by atoms with Gasteiger partial charge in [0.05, 0.1) is 13.0 Å². The molecule has 1 amide bonds. The molecule has 1 rings (SSSR count). The van der Waals surface area contributed by atoms with Crippen molar-refractivity contribution in [1.29, 1.82) is 0 Å². The third-order valence-electron chi connectivity index (χ3n) is 2.02. The van der Waals surface area contributed by atoms with E-state index in [4.69, 9.17) is 5.11 Å². The molecule has 0 saturated carbocycles. The summed E-state index contributed by atoms with van der Waals surface area (Å²) < 4.78 is 12.9. The van der Waals surface area contributed by atoms with Crippen LogP contribution in [0.25, 0.3) is 0 Å². The number of hydrogen-bond acceptors (Lipinski definition) is 2. The lowest BCUT2D eigenvalue weighted by atomic mass is 10.1. The fraction of sp³-hybridized carbons (Fsp3) is 0.364. The molecule has 0 atom stereocenters. The highest BCUT2D eigenvalue weighted by Crippen LogP contribution is 2.09. The molecule has 4 heteroatoms. The van der Waals surface area contributed by atoms with Gasteiger partial charge in [0, 0.05) is 6.54 Å². The standard InChI is InChI=1S/C11H14FNO2/c1-8-6-9(2-3-10(8)12)7-11(15)13-4-5-14/h2-3,6,14H,4-5,7H2,1H3,(H,13,15). The molecular weight excluding hydrogens is 197 g/mol. The van der Waals surface area contributed by atoms with E-state index in [0.29, 0.717) is 5.56 Å². The van der Waals surface area contributed by atoms with Crippen molar-refractivity contribution in [2.45, 2.75) is 13.3 Å². The monoisotopic (exact) mass is 211 g/mol. The van der Waals surface area contributed by atoms with Crippen molar-refractivity contribution in [3.8, 4) is 0 Å². The predicted octanol–water partition coefficient (Wildman–Crippen LogP) is 0.785. The molecular formula is C11H14FNO2. The number of aryl methyl sites for hydroxylation is 1. The van der Waals surface area contributed by atoms with Gasteiger partial charge in [-0.3, -0.25) is 4.79 Å². The van der Waals surface area contributed by atoms with Gasteiger partial charge < -0.3 is 10.4 Å². The van der Waals surface area contributed by atoms with Crippen molar-refractivity contribution < 1.29 is 14.3 Å². The maximum atomic E-state index is 12.9. The van der Waals surface area contributed by atoms with Crippen LogP contribution in [0.1, 0.15) is 11.1 Å². The number of amides is 1. The summed E-state index contributed by atoms with van der Waals surface area (Å²) in [6.45, 7) is 1.83. The lowest BCUT2D eigenvalue weighted by Gasteiger charge is -2.04. The maximum Gasteiger partial charge on any atom is 0.224 e. The number of carbonyl (C=O) groups excluding carboxylic acids is 1. The highest BCUT2D eigenvalue weighted by molar-refractivity contribution is 5.78. The molecule has 0 aliphatic heterocycles. The van der Waals surface area contributed by atoms with Crippen molar-refractivity contribution in [2.24, 2.45) is 0 Å². The molecule has 2 N–H and O–H groups in total. The van der Waals surface area contributed by atoms with Crippen LogP contribution in [0.4, 0.5) is 4.39 Å². The van der Waals surface area contributed by atoms with Crippen molar-refractivity contribution in [3.05, 3.63) is 35.1 Å². The van der Waals surface area contributed by atoms with E-state index in [9.17, 15) is 9.18 Å². The Morgan fingerprint density at radius 3 is 2.87 bits per heavy atom. The van der Waals surface area contributed by atoms with Gasteiger partial charge >= 0.3 is 0 Å². The van der Waals surface area contributed by atoms with Crippen LogP contribution in [0, 0.1) is 12.7 Å². The molecule has 0 fully saturated rings. The van der Waals surface area contributed by atoms with E-state index in [1.165, 1.54) is 6.07 Å². The molecule has 0 saturated heterocycles. The minimum Gasteiger partial charge on any atom is -0.395 e. The quantitative estimate of drug-likeness (QED) is 0.773. The fourth-order valence-electron chi connectivity index (χ4n) is 1.26. The maximum absolute atomic E-state index is 12.9. The van der Waals surface area contributed by atoms with Gasteiger partial charge in [0.1, 0.15) is 5.82 Å². The van der Waals surface area contributed by atoms with E-state index in [0.717, 1.165) is 5.56 Å². The molecule has 0 spiro atoms. The first-order chi connectivity index (χ1) is 7.13. The van der Waals surface area contributed by atoms with Gasteiger partial charge in [-0.2, -0.15) is 0 Å². The summed E-state index contributed by atoms with van der Waals surface area (Å²) in [5.74, 6) is -0.440. The molecule has 0 unspecified atom stereocenters. The zero-order valence-corrected chi connectivity index (χ0v) is 8.59. The van der Waals surface area contributed by atoms with Crippen LogP contribution in [-0.4, -0.2) is 24.2 Å². The van der Waals surface area contributed by atoms with E-state index in [1.807, 2.05) is 0 Å². The first kappa shape index (κ1) is 11.7. The average Bonchev–Trinajstić information content (AvgIpc) is 2.20. The van der Waals surface area contributed by atoms with Crippen molar-refractivity contribution in [1.82, 2.24) is 5.32 Å². The van der Waals surface area contributed by atoms with Gasteiger partial charge in [-0.1, -0.05) is 12.1 Å². The number of carbonyl (C=O) groups is 1. The van der Waals surface area contributed by atoms with Gasteiger partial charge in [-0.25, -0.2) is 4.39 Å². The minimum atomic E-state index is -0.269. The summed E-state index contributed by atoms with van der Waals surface area (Å²) in [4.78, 5) is 11.3. The number of aliphatic hydroxyl groups excluding tert-OH is 1. The summed E-state index contributed by atoms with van der Waals surface area (Å²) in [5.41, 5.74) is 1.30. The molecule has 0 aliphatic rings. The van der Waals surface area contributed by atoms with Crippen molar-refractivity contribution in [2.75, 3.05) is 13.2 Å². The molecule has 3 nitrogen and oxygen atoms in total. The summed E-state index contributed by atoms with van der Waals surface area (Å²) in [6, 6.07) is 4.58. The molecule has 82 valence electrons. The lowest BCUT2D eigenvalue weighted by Crippen LogP contribution is -2.27. The Morgan fingerprint density at radius 1 is 1.53 bits per heavy atom. The Kier molecular flexibility index (Phi) is 4.24. The third-order valence-corrected chi connectivity index (χ3v) is 2.02. The van der Waals surface area contributed by atoms with Crippen LogP contribution in [0.5, 0.6) is 0 Å². The molecule has 1 aromatic carbocycles. The number of rotatable bonds is 4. The van der Waals surface area contributed by atoms with Crippen LogP contribution in [-0.2, 0) is 11.2 Å². The summed E-state index contributed by atoms with van der Waals surface area (Å²) >= 11 is 0. The molecule has 0 aliphatic carbocycles. The Morgan fingerprint density at radius 2 is 2.27 bits per heavy atom. The van der Waals surface area contributed by atoms with Gasteiger partial charge in [0.2, 0.25) is 5.91 Å². The third kappa shape index (κ3) is 3.67. The second-order valence-corrected chi connectivity index (χ2v) is 3.33. The second kappa shape index (κ2) is 5.46. The number of halogens is 1. The van der Waals surface area contributed by atoms with E-state index in [2.05, 4.69) is 5.32 Å². The summed E-state index contributed by atoms with van der Waals surface area (Å²) in [5, 5.41) is 11.0. The Labute approximate surface area is 87.9 Å². The smallest absolute Gasteiger partial charge is 0.224 e. The first-order valence-electron chi connectivity index (χ1n) is 4.76. The highest BCUT2D eigenvalue weighted by Gasteiger charge is 2.04. The number of nitrogens with one attached hydrogen (secondary N) is 1. The van der Waals surface area contributed by atoms with Crippen molar-refractivity contribution >= 4 is 5.91 Å². The Bertz CT molecular complexity index is 352. The number of benzene rings is 1. The van der Waals surface area contributed by atoms with Gasteiger partial charge in [0.25, 0.3) is 0 Å². The number of aliphatic hydroxyl groups is 1. The topological polar surface area (TPSA) is 49.3 Å². The highest BCUT2D eigenvalue weighted by atomic mass is 19.1. The van der Waals surface area contributed by atoms with Crippen LogP contribution in [0.15, 0.2) is 18.2 Å². The number of hydrogen-bond donors (Lipinski definition) is 2. The molecule has 15 heavy (non-hydrogen) atoms. The van der Waals surface area contributed by atoms with Crippen LogP contribution < -0.4 is 5.32 Å². The minimum absolute atomic E-state index is 0.0752. The zero-order chi connectivity index (χ0) is 11.3. The SMILES string of the molecule is Cc1cc(CC(=O)NCCO)ccc1F. The second-order valence-electron chi connectivity index (χ2n) is 3.33. The predicted molar refractivity (Wildman–Crippen MR) is 54.9 cm³/mol. The van der Waals surface area contributed by atoms with Crippen LogP contribution in [0.2, 0.25) is 0 Å². The van der Waals surface area contributed by atoms with E-state index >= 15 is 0 Å². The van der Waals surface area contributed by atoms with E-state index < -0.39 is 0 Å². The Balaban J connectivity index is 2.57. The molecule has 0 radical (unpaired) electrons. The summed E-state index contributed by atoms with van der Waals surface area (Å²) in [7, 11) is 0. The molecule has 1 aromatic rings. The molecule has 0 heterocycles. The fourth-order valence-corrected chi connectivity index (χ4v) is 1.26. The molecule has 0 aromatic heterocycles. The lowest BCUT2D eigenvalue weighted by molar-refractivity contribution is -0.120. The average molecular weight is 211 g/mol.